The topological polar surface area (TPSA) is 35.2 Å². The summed E-state index contributed by atoms with van der Waals surface area (Å²) in [5.41, 5.74) is 7.70. The molecule has 0 aromatic heterocycles. The molecule has 18 heavy (non-hydrogen) atoms. The number of ether oxygens (including phenoxy) is 1. The lowest BCUT2D eigenvalue weighted by atomic mass is 9.72. The van der Waals surface area contributed by atoms with Gasteiger partial charge in [0.1, 0.15) is 5.75 Å². The summed E-state index contributed by atoms with van der Waals surface area (Å²) in [6.45, 7) is 2.27. The Morgan fingerprint density at radius 2 is 2.06 bits per heavy atom. The van der Waals surface area contributed by atoms with Gasteiger partial charge in [0, 0.05) is 5.54 Å². The van der Waals surface area contributed by atoms with E-state index in [4.69, 9.17) is 10.5 Å². The van der Waals surface area contributed by atoms with E-state index in [1.54, 1.807) is 7.11 Å². The Labute approximate surface area is 111 Å². The molecule has 0 radical (unpaired) electrons. The van der Waals surface area contributed by atoms with Crippen molar-refractivity contribution in [3.8, 4) is 5.75 Å². The van der Waals surface area contributed by atoms with Gasteiger partial charge in [0.15, 0.2) is 0 Å². The first kappa shape index (κ1) is 13.4. The van der Waals surface area contributed by atoms with E-state index < -0.39 is 0 Å². The third-order valence-corrected chi connectivity index (χ3v) is 4.34. The van der Waals surface area contributed by atoms with Crippen LogP contribution in [-0.2, 0) is 5.54 Å². The van der Waals surface area contributed by atoms with Crippen molar-refractivity contribution in [1.29, 1.82) is 0 Å². The molecule has 2 rings (SSSR count). The van der Waals surface area contributed by atoms with Gasteiger partial charge in [-0.2, -0.15) is 0 Å². The molecule has 0 bridgehead atoms. The smallest absolute Gasteiger partial charge is 0.119 e. The molecule has 2 nitrogen and oxygen atoms in total. The zero-order valence-corrected chi connectivity index (χ0v) is 11.6. The van der Waals surface area contributed by atoms with Crippen molar-refractivity contribution in [2.24, 2.45) is 11.7 Å². The van der Waals surface area contributed by atoms with E-state index in [0.29, 0.717) is 0 Å². The molecule has 0 aliphatic heterocycles. The predicted octanol–water partition coefficient (Wildman–Crippen LogP) is 3.84. The van der Waals surface area contributed by atoms with Crippen LogP contribution in [0.2, 0.25) is 0 Å². The second-order valence-corrected chi connectivity index (χ2v) is 5.62. The minimum Gasteiger partial charge on any atom is -0.497 e. The maximum Gasteiger partial charge on any atom is 0.119 e. The summed E-state index contributed by atoms with van der Waals surface area (Å²) in [7, 11) is 1.71. The van der Waals surface area contributed by atoms with Crippen molar-refractivity contribution < 1.29 is 4.74 Å². The average Bonchev–Trinajstić information content (AvgIpc) is 2.42. The molecule has 0 heterocycles. The zero-order valence-electron chi connectivity index (χ0n) is 11.6. The maximum atomic E-state index is 6.61. The van der Waals surface area contributed by atoms with Crippen LogP contribution in [0.1, 0.15) is 51.0 Å². The Morgan fingerprint density at radius 1 is 1.33 bits per heavy atom. The fourth-order valence-corrected chi connectivity index (χ4v) is 3.11. The first-order chi connectivity index (χ1) is 8.68. The Kier molecular flexibility index (Phi) is 4.28. The molecule has 0 unspecified atom stereocenters. The highest BCUT2D eigenvalue weighted by molar-refractivity contribution is 5.33. The molecule has 1 fully saturated rings. The molecule has 1 aliphatic carbocycles. The molecule has 1 saturated carbocycles. The van der Waals surface area contributed by atoms with Crippen molar-refractivity contribution in [2.75, 3.05) is 7.11 Å². The van der Waals surface area contributed by atoms with Crippen LogP contribution in [0.3, 0.4) is 0 Å². The number of methoxy groups -OCH3 is 1. The number of hydrogen-bond acceptors (Lipinski definition) is 2. The van der Waals surface area contributed by atoms with Gasteiger partial charge in [0.05, 0.1) is 7.11 Å². The van der Waals surface area contributed by atoms with Gasteiger partial charge in [-0.15, -0.1) is 0 Å². The molecular formula is C16H25NO. The Hall–Kier alpha value is -1.02. The Bertz CT molecular complexity index is 380. The molecule has 0 amide bonds. The van der Waals surface area contributed by atoms with Crippen LogP contribution in [0.25, 0.3) is 0 Å². The van der Waals surface area contributed by atoms with Crippen molar-refractivity contribution in [3.63, 3.8) is 0 Å². The quantitative estimate of drug-likeness (QED) is 0.877. The molecule has 0 atom stereocenters. The summed E-state index contributed by atoms with van der Waals surface area (Å²) in [5, 5.41) is 0. The van der Waals surface area contributed by atoms with E-state index in [1.165, 1.54) is 31.2 Å². The van der Waals surface area contributed by atoms with E-state index in [-0.39, 0.29) is 5.54 Å². The highest BCUT2D eigenvalue weighted by Crippen LogP contribution is 2.39. The summed E-state index contributed by atoms with van der Waals surface area (Å²) >= 11 is 0. The van der Waals surface area contributed by atoms with Crippen LogP contribution in [0.15, 0.2) is 24.3 Å². The summed E-state index contributed by atoms with van der Waals surface area (Å²) in [5.74, 6) is 1.80. The monoisotopic (exact) mass is 247 g/mol. The van der Waals surface area contributed by atoms with E-state index >= 15 is 0 Å². The molecular weight excluding hydrogens is 222 g/mol. The third kappa shape index (κ3) is 2.86. The second-order valence-electron chi connectivity index (χ2n) is 5.62. The SMILES string of the molecule is CCCC1CCC(N)(c2cccc(OC)c2)CC1. The van der Waals surface area contributed by atoms with E-state index in [9.17, 15) is 0 Å². The van der Waals surface area contributed by atoms with E-state index in [0.717, 1.165) is 24.5 Å². The van der Waals surface area contributed by atoms with Gasteiger partial charge in [0.25, 0.3) is 0 Å². The van der Waals surface area contributed by atoms with Crippen LogP contribution in [0.5, 0.6) is 5.75 Å². The average molecular weight is 247 g/mol. The van der Waals surface area contributed by atoms with Crippen LogP contribution < -0.4 is 10.5 Å². The Morgan fingerprint density at radius 3 is 2.67 bits per heavy atom. The third-order valence-electron chi connectivity index (χ3n) is 4.34. The van der Waals surface area contributed by atoms with Crippen LogP contribution in [0, 0.1) is 5.92 Å². The standard InChI is InChI=1S/C16H25NO/c1-3-5-13-8-10-16(17,11-9-13)14-6-4-7-15(12-14)18-2/h4,6-7,12-13H,3,5,8-11,17H2,1-2H3. The van der Waals surface area contributed by atoms with Crippen molar-refractivity contribution in [1.82, 2.24) is 0 Å². The highest BCUT2D eigenvalue weighted by Gasteiger charge is 2.32. The Balaban J connectivity index is 2.08. The van der Waals surface area contributed by atoms with Gasteiger partial charge in [0.2, 0.25) is 0 Å². The van der Waals surface area contributed by atoms with Crippen molar-refractivity contribution >= 4 is 0 Å². The molecule has 100 valence electrons. The number of benzene rings is 1. The minimum atomic E-state index is -0.140. The lowest BCUT2D eigenvalue weighted by molar-refractivity contribution is 0.226. The predicted molar refractivity (Wildman–Crippen MR) is 75.7 cm³/mol. The largest absolute Gasteiger partial charge is 0.497 e. The summed E-state index contributed by atoms with van der Waals surface area (Å²) in [4.78, 5) is 0. The van der Waals surface area contributed by atoms with Crippen molar-refractivity contribution in [2.45, 2.75) is 51.0 Å². The number of nitrogens with two attached hydrogens (primary N) is 1. The van der Waals surface area contributed by atoms with Gasteiger partial charge in [-0.25, -0.2) is 0 Å². The van der Waals surface area contributed by atoms with Gasteiger partial charge in [-0.3, -0.25) is 0 Å². The fourth-order valence-electron chi connectivity index (χ4n) is 3.11. The normalized spacial score (nSPS) is 28.1. The fraction of sp³-hybridized carbons (Fsp3) is 0.625. The molecule has 1 aromatic carbocycles. The number of rotatable bonds is 4. The molecule has 2 N–H and O–H groups in total. The molecule has 0 saturated heterocycles. The van der Waals surface area contributed by atoms with Crippen molar-refractivity contribution in [3.05, 3.63) is 29.8 Å². The van der Waals surface area contributed by atoms with Gasteiger partial charge >= 0.3 is 0 Å². The minimum absolute atomic E-state index is 0.140. The zero-order chi connectivity index (χ0) is 13.0. The lowest BCUT2D eigenvalue weighted by Crippen LogP contribution is -2.40. The summed E-state index contributed by atoms with van der Waals surface area (Å²) < 4.78 is 5.29. The first-order valence-electron chi connectivity index (χ1n) is 7.11. The molecule has 1 aromatic rings. The van der Waals surface area contributed by atoms with Gasteiger partial charge < -0.3 is 10.5 Å². The van der Waals surface area contributed by atoms with Gasteiger partial charge in [-0.1, -0.05) is 31.9 Å². The number of hydrogen-bond donors (Lipinski definition) is 1. The highest BCUT2D eigenvalue weighted by atomic mass is 16.5. The second kappa shape index (κ2) is 5.75. The molecule has 0 spiro atoms. The van der Waals surface area contributed by atoms with Crippen LogP contribution >= 0.6 is 0 Å². The van der Waals surface area contributed by atoms with Crippen LogP contribution in [0.4, 0.5) is 0 Å². The lowest BCUT2D eigenvalue weighted by Gasteiger charge is -2.37. The summed E-state index contributed by atoms with van der Waals surface area (Å²) in [6, 6.07) is 8.26. The van der Waals surface area contributed by atoms with E-state index in [2.05, 4.69) is 19.1 Å². The first-order valence-corrected chi connectivity index (χ1v) is 7.11. The maximum absolute atomic E-state index is 6.61. The molecule has 2 heteroatoms. The van der Waals surface area contributed by atoms with E-state index in [1.807, 2.05) is 12.1 Å². The molecule has 1 aliphatic rings. The van der Waals surface area contributed by atoms with Gasteiger partial charge in [-0.05, 0) is 49.3 Å². The van der Waals surface area contributed by atoms with Crippen LogP contribution in [-0.4, -0.2) is 7.11 Å². The summed E-state index contributed by atoms with van der Waals surface area (Å²) in [6.07, 6.45) is 7.38.